The number of carbonyl (C=O) groups is 1. The molecule has 17 heavy (non-hydrogen) atoms. The third kappa shape index (κ3) is 3.55. The summed E-state index contributed by atoms with van der Waals surface area (Å²) in [5.74, 6) is -0.318. The summed E-state index contributed by atoms with van der Waals surface area (Å²) in [6.07, 6.45) is 0.423. The smallest absolute Gasteiger partial charge is 0.163 e. The van der Waals surface area contributed by atoms with Crippen molar-refractivity contribution in [2.24, 2.45) is 11.3 Å². The Morgan fingerprint density at radius 1 is 1.41 bits per heavy atom. The number of ketones is 1. The van der Waals surface area contributed by atoms with E-state index in [0.717, 1.165) is 0 Å². The number of hydrogen-bond donors (Lipinski definition) is 1. The second-order valence-electron chi connectivity index (χ2n) is 5.63. The third-order valence-electron chi connectivity index (χ3n) is 3.29. The fourth-order valence-corrected chi connectivity index (χ4v) is 1.40. The molecule has 1 unspecified atom stereocenters. The largest absolute Gasteiger partial charge is 0.396 e. The summed E-state index contributed by atoms with van der Waals surface area (Å²) in [5, 5.41) is 0. The van der Waals surface area contributed by atoms with Gasteiger partial charge in [0.1, 0.15) is 5.82 Å². The zero-order valence-electron chi connectivity index (χ0n) is 10.9. The quantitative estimate of drug-likeness (QED) is 0.644. The fraction of sp³-hybridized carbons (Fsp3) is 0.500. The van der Waals surface area contributed by atoms with Gasteiger partial charge in [0.2, 0.25) is 0 Å². The third-order valence-corrected chi connectivity index (χ3v) is 3.29. The first-order valence-electron chi connectivity index (χ1n) is 5.80. The van der Waals surface area contributed by atoms with E-state index in [2.05, 4.69) is 20.8 Å². The lowest BCUT2D eigenvalue weighted by molar-refractivity contribution is 0.0927. The van der Waals surface area contributed by atoms with Gasteiger partial charge in [0, 0.05) is 12.0 Å². The molecule has 0 saturated carbocycles. The van der Waals surface area contributed by atoms with E-state index in [1.807, 2.05) is 6.92 Å². The zero-order valence-corrected chi connectivity index (χ0v) is 10.9. The Morgan fingerprint density at radius 3 is 2.47 bits per heavy atom. The topological polar surface area (TPSA) is 43.1 Å². The Kier molecular flexibility index (Phi) is 3.91. The van der Waals surface area contributed by atoms with Crippen molar-refractivity contribution < 1.29 is 9.18 Å². The van der Waals surface area contributed by atoms with Crippen molar-refractivity contribution >= 4 is 11.5 Å². The number of anilines is 1. The van der Waals surface area contributed by atoms with Crippen molar-refractivity contribution in [2.45, 2.75) is 34.1 Å². The van der Waals surface area contributed by atoms with Crippen LogP contribution in [-0.2, 0) is 0 Å². The van der Waals surface area contributed by atoms with Gasteiger partial charge in [0.15, 0.2) is 5.78 Å². The van der Waals surface area contributed by atoms with E-state index in [9.17, 15) is 9.18 Å². The van der Waals surface area contributed by atoms with Crippen LogP contribution in [0.5, 0.6) is 0 Å². The predicted molar refractivity (Wildman–Crippen MR) is 68.4 cm³/mol. The van der Waals surface area contributed by atoms with Crippen LogP contribution in [0.3, 0.4) is 0 Å². The molecule has 1 aromatic carbocycles. The molecule has 0 saturated heterocycles. The highest BCUT2D eigenvalue weighted by Crippen LogP contribution is 2.29. The summed E-state index contributed by atoms with van der Waals surface area (Å²) in [5.41, 5.74) is 5.92. The van der Waals surface area contributed by atoms with Gasteiger partial charge in [-0.2, -0.15) is 0 Å². The van der Waals surface area contributed by atoms with Crippen molar-refractivity contribution in [3.05, 3.63) is 29.6 Å². The molecule has 0 heterocycles. The van der Waals surface area contributed by atoms with Crippen LogP contribution in [0.4, 0.5) is 10.1 Å². The van der Waals surface area contributed by atoms with Crippen LogP contribution in [0.2, 0.25) is 0 Å². The first kappa shape index (κ1) is 13.7. The summed E-state index contributed by atoms with van der Waals surface area (Å²) in [6.45, 7) is 8.31. The SMILES string of the molecule is CC(CC(=O)c1ccc(N)c(F)c1)C(C)(C)C. The van der Waals surface area contributed by atoms with Crippen LogP contribution >= 0.6 is 0 Å². The van der Waals surface area contributed by atoms with Crippen molar-refractivity contribution in [3.63, 3.8) is 0 Å². The van der Waals surface area contributed by atoms with E-state index in [1.165, 1.54) is 12.1 Å². The molecule has 0 spiro atoms. The molecule has 2 N–H and O–H groups in total. The molecule has 0 aromatic heterocycles. The number of carbonyl (C=O) groups excluding carboxylic acids is 1. The Bertz CT molecular complexity index is 421. The number of halogens is 1. The van der Waals surface area contributed by atoms with Crippen molar-refractivity contribution in [1.82, 2.24) is 0 Å². The van der Waals surface area contributed by atoms with Crippen LogP contribution in [0.15, 0.2) is 18.2 Å². The number of rotatable bonds is 3. The maximum absolute atomic E-state index is 13.2. The summed E-state index contributed by atoms with van der Waals surface area (Å²) in [6, 6.07) is 4.23. The van der Waals surface area contributed by atoms with Gasteiger partial charge in [-0.25, -0.2) is 4.39 Å². The highest BCUT2D eigenvalue weighted by atomic mass is 19.1. The highest BCUT2D eigenvalue weighted by Gasteiger charge is 2.23. The zero-order chi connectivity index (χ0) is 13.2. The van der Waals surface area contributed by atoms with E-state index in [0.29, 0.717) is 12.0 Å². The Labute approximate surface area is 102 Å². The molecular formula is C14H20FNO. The van der Waals surface area contributed by atoms with Crippen molar-refractivity contribution in [3.8, 4) is 0 Å². The van der Waals surface area contributed by atoms with Gasteiger partial charge < -0.3 is 5.73 Å². The first-order valence-corrected chi connectivity index (χ1v) is 5.80. The second kappa shape index (κ2) is 4.86. The predicted octanol–water partition coefficient (Wildman–Crippen LogP) is 3.66. The number of Topliss-reactive ketones (excluding diaryl/α,β-unsaturated/α-hetero) is 1. The maximum Gasteiger partial charge on any atom is 0.163 e. The van der Waals surface area contributed by atoms with E-state index in [-0.39, 0.29) is 22.8 Å². The molecule has 0 amide bonds. The molecule has 0 fully saturated rings. The Balaban J connectivity index is 2.80. The minimum absolute atomic E-state index is 0.0358. The van der Waals surface area contributed by atoms with Gasteiger partial charge in [-0.15, -0.1) is 0 Å². The lowest BCUT2D eigenvalue weighted by atomic mass is 9.78. The molecule has 0 radical (unpaired) electrons. The molecule has 1 aromatic rings. The van der Waals surface area contributed by atoms with Crippen LogP contribution in [-0.4, -0.2) is 5.78 Å². The molecule has 0 aliphatic carbocycles. The molecule has 94 valence electrons. The lowest BCUT2D eigenvalue weighted by Crippen LogP contribution is -2.20. The maximum atomic E-state index is 13.2. The Morgan fingerprint density at radius 2 is 2.00 bits per heavy atom. The monoisotopic (exact) mass is 237 g/mol. The average molecular weight is 237 g/mol. The molecule has 0 aliphatic rings. The minimum Gasteiger partial charge on any atom is -0.396 e. The average Bonchev–Trinajstić information content (AvgIpc) is 2.20. The molecule has 2 nitrogen and oxygen atoms in total. The summed E-state index contributed by atoms with van der Waals surface area (Å²) in [7, 11) is 0. The molecule has 0 bridgehead atoms. The molecule has 0 aliphatic heterocycles. The van der Waals surface area contributed by atoms with Gasteiger partial charge in [0.25, 0.3) is 0 Å². The number of hydrogen-bond acceptors (Lipinski definition) is 2. The lowest BCUT2D eigenvalue weighted by Gasteiger charge is -2.26. The van der Waals surface area contributed by atoms with Crippen LogP contribution in [0, 0.1) is 17.2 Å². The molecule has 1 rings (SSSR count). The minimum atomic E-state index is -0.528. The number of nitrogen functional groups attached to an aromatic ring is 1. The van der Waals surface area contributed by atoms with Gasteiger partial charge in [0.05, 0.1) is 5.69 Å². The summed E-state index contributed by atoms with van der Waals surface area (Å²) in [4.78, 5) is 12.0. The van der Waals surface area contributed by atoms with E-state index >= 15 is 0 Å². The standard InChI is InChI=1S/C14H20FNO/c1-9(14(2,3)4)7-13(17)10-5-6-12(16)11(15)8-10/h5-6,8-9H,7,16H2,1-4H3. The van der Waals surface area contributed by atoms with E-state index < -0.39 is 5.82 Å². The summed E-state index contributed by atoms with van der Waals surface area (Å²) < 4.78 is 13.2. The number of benzene rings is 1. The highest BCUT2D eigenvalue weighted by molar-refractivity contribution is 5.96. The van der Waals surface area contributed by atoms with Crippen LogP contribution in [0.25, 0.3) is 0 Å². The van der Waals surface area contributed by atoms with Gasteiger partial charge in [-0.3, -0.25) is 4.79 Å². The normalized spacial score (nSPS) is 13.5. The van der Waals surface area contributed by atoms with Crippen LogP contribution in [0.1, 0.15) is 44.5 Å². The van der Waals surface area contributed by atoms with E-state index in [4.69, 9.17) is 5.73 Å². The number of nitrogens with two attached hydrogens (primary N) is 1. The molecular weight excluding hydrogens is 217 g/mol. The molecule has 3 heteroatoms. The van der Waals surface area contributed by atoms with Gasteiger partial charge in [-0.05, 0) is 29.5 Å². The van der Waals surface area contributed by atoms with Gasteiger partial charge >= 0.3 is 0 Å². The first-order chi connectivity index (χ1) is 7.71. The fourth-order valence-electron chi connectivity index (χ4n) is 1.40. The van der Waals surface area contributed by atoms with Gasteiger partial charge in [-0.1, -0.05) is 27.7 Å². The van der Waals surface area contributed by atoms with Crippen molar-refractivity contribution in [1.29, 1.82) is 0 Å². The second-order valence-corrected chi connectivity index (χ2v) is 5.63. The Hall–Kier alpha value is -1.38. The van der Waals surface area contributed by atoms with Crippen molar-refractivity contribution in [2.75, 3.05) is 5.73 Å². The molecule has 1 atom stereocenters. The summed E-state index contributed by atoms with van der Waals surface area (Å²) >= 11 is 0. The van der Waals surface area contributed by atoms with Crippen LogP contribution < -0.4 is 5.73 Å². The van der Waals surface area contributed by atoms with E-state index in [1.54, 1.807) is 6.07 Å².